The van der Waals surface area contributed by atoms with Gasteiger partial charge in [-0.15, -0.1) is 0 Å². The lowest BCUT2D eigenvalue weighted by molar-refractivity contribution is -0.112. The van der Waals surface area contributed by atoms with Gasteiger partial charge in [0.25, 0.3) is 5.91 Å². The van der Waals surface area contributed by atoms with Gasteiger partial charge in [-0.05, 0) is 51.8 Å². The van der Waals surface area contributed by atoms with Crippen LogP contribution in [0.15, 0.2) is 46.4 Å². The van der Waals surface area contributed by atoms with Crippen molar-refractivity contribution in [1.29, 1.82) is 5.26 Å². The molecule has 0 atom stereocenters. The van der Waals surface area contributed by atoms with Crippen LogP contribution in [-0.2, 0) is 4.79 Å². The number of phenolic OH excluding ortho intramolecular Hbond substituents is 1. The van der Waals surface area contributed by atoms with Crippen molar-refractivity contribution < 1.29 is 19.0 Å². The molecule has 24 heavy (non-hydrogen) atoms. The second-order valence-electron chi connectivity index (χ2n) is 4.66. The van der Waals surface area contributed by atoms with Crippen molar-refractivity contribution in [2.24, 2.45) is 0 Å². The fourth-order valence-electron chi connectivity index (χ4n) is 1.90. The molecule has 2 aromatic rings. The highest BCUT2D eigenvalue weighted by Gasteiger charge is 2.13. The van der Waals surface area contributed by atoms with Crippen LogP contribution in [0.2, 0.25) is 0 Å². The summed E-state index contributed by atoms with van der Waals surface area (Å²) in [6.07, 6.45) is 1.31. The number of phenols is 1. The maximum atomic E-state index is 13.6. The summed E-state index contributed by atoms with van der Waals surface area (Å²) in [6.45, 7) is 0. The number of carbonyl (C=O) groups excluding carboxylic acids is 1. The molecule has 2 rings (SSSR count). The number of methoxy groups -OCH3 is 1. The number of amides is 1. The van der Waals surface area contributed by atoms with Crippen LogP contribution < -0.4 is 10.1 Å². The number of anilines is 1. The maximum Gasteiger partial charge on any atom is 0.266 e. The van der Waals surface area contributed by atoms with Crippen molar-refractivity contribution in [2.75, 3.05) is 12.4 Å². The molecular formula is C17H12BrFN2O3. The number of carbonyl (C=O) groups is 1. The molecule has 0 aliphatic rings. The van der Waals surface area contributed by atoms with Crippen LogP contribution in [0.25, 0.3) is 6.08 Å². The summed E-state index contributed by atoms with van der Waals surface area (Å²) >= 11 is 3.16. The predicted octanol–water partition coefficient (Wildman–Crippen LogP) is 3.85. The molecule has 5 nitrogen and oxygen atoms in total. The largest absolute Gasteiger partial charge is 0.503 e. The van der Waals surface area contributed by atoms with E-state index in [-0.39, 0.29) is 22.8 Å². The van der Waals surface area contributed by atoms with Crippen molar-refractivity contribution in [3.05, 3.63) is 57.8 Å². The lowest BCUT2D eigenvalue weighted by atomic mass is 10.1. The topological polar surface area (TPSA) is 82.3 Å². The second kappa shape index (κ2) is 7.62. The number of hydrogen-bond donors (Lipinski definition) is 2. The fourth-order valence-corrected chi connectivity index (χ4v) is 2.36. The van der Waals surface area contributed by atoms with E-state index in [1.807, 2.05) is 0 Å². The van der Waals surface area contributed by atoms with Gasteiger partial charge >= 0.3 is 0 Å². The first-order valence-electron chi connectivity index (χ1n) is 6.70. The Kier molecular flexibility index (Phi) is 5.55. The molecule has 122 valence electrons. The van der Waals surface area contributed by atoms with Gasteiger partial charge in [-0.3, -0.25) is 4.79 Å². The highest BCUT2D eigenvalue weighted by Crippen LogP contribution is 2.35. The molecule has 0 saturated carbocycles. The van der Waals surface area contributed by atoms with E-state index in [0.29, 0.717) is 10.0 Å². The number of nitrogens with one attached hydrogen (secondary N) is 1. The maximum absolute atomic E-state index is 13.6. The quantitative estimate of drug-likeness (QED) is 0.613. The normalized spacial score (nSPS) is 10.8. The first-order valence-corrected chi connectivity index (χ1v) is 7.49. The minimum atomic E-state index is -0.745. The zero-order chi connectivity index (χ0) is 17.7. The Labute approximate surface area is 146 Å². The van der Waals surface area contributed by atoms with Crippen LogP contribution in [0.4, 0.5) is 10.1 Å². The highest BCUT2D eigenvalue weighted by molar-refractivity contribution is 9.10. The van der Waals surface area contributed by atoms with Gasteiger partial charge in [-0.1, -0.05) is 12.1 Å². The molecule has 2 N–H and O–H groups in total. The summed E-state index contributed by atoms with van der Waals surface area (Å²) in [5.74, 6) is -1.26. The Balaban J connectivity index is 2.33. The zero-order valence-corrected chi connectivity index (χ0v) is 14.1. The van der Waals surface area contributed by atoms with Crippen LogP contribution >= 0.6 is 15.9 Å². The van der Waals surface area contributed by atoms with Crippen LogP contribution in [-0.4, -0.2) is 18.1 Å². The van der Waals surface area contributed by atoms with Gasteiger partial charge in [0.2, 0.25) is 0 Å². The van der Waals surface area contributed by atoms with E-state index in [1.165, 1.54) is 43.5 Å². The molecule has 0 aliphatic carbocycles. The number of hydrogen-bond acceptors (Lipinski definition) is 4. The first-order chi connectivity index (χ1) is 11.5. The molecule has 0 unspecified atom stereocenters. The molecule has 2 aromatic carbocycles. The Morgan fingerprint density at radius 2 is 2.12 bits per heavy atom. The average molecular weight is 391 g/mol. The minimum absolute atomic E-state index is 0.0203. The fraction of sp³-hybridized carbons (Fsp3) is 0.0588. The first kappa shape index (κ1) is 17.5. The van der Waals surface area contributed by atoms with Gasteiger partial charge in [0.15, 0.2) is 11.5 Å². The Morgan fingerprint density at radius 3 is 2.75 bits per heavy atom. The summed E-state index contributed by atoms with van der Waals surface area (Å²) < 4.78 is 18.9. The van der Waals surface area contributed by atoms with Crippen molar-refractivity contribution in [1.82, 2.24) is 0 Å². The van der Waals surface area contributed by atoms with E-state index >= 15 is 0 Å². The Morgan fingerprint density at radius 1 is 1.42 bits per heavy atom. The summed E-state index contributed by atoms with van der Waals surface area (Å²) in [6, 6.07) is 10.4. The van der Waals surface area contributed by atoms with Crippen molar-refractivity contribution >= 4 is 33.6 Å². The minimum Gasteiger partial charge on any atom is -0.503 e. The molecule has 7 heteroatoms. The number of aromatic hydroxyl groups is 1. The van der Waals surface area contributed by atoms with Crippen LogP contribution in [0.1, 0.15) is 5.56 Å². The second-order valence-corrected chi connectivity index (χ2v) is 5.51. The van der Waals surface area contributed by atoms with E-state index in [1.54, 1.807) is 12.1 Å². The average Bonchev–Trinajstić information content (AvgIpc) is 2.57. The molecule has 0 fully saturated rings. The molecule has 0 heterocycles. The highest BCUT2D eigenvalue weighted by atomic mass is 79.9. The number of benzene rings is 2. The Bertz CT molecular complexity index is 859. The number of ether oxygens (including phenoxy) is 1. The van der Waals surface area contributed by atoms with Gasteiger partial charge in [0.05, 0.1) is 17.3 Å². The van der Waals surface area contributed by atoms with E-state index in [9.17, 15) is 19.6 Å². The number of rotatable bonds is 4. The van der Waals surface area contributed by atoms with Gasteiger partial charge in [-0.2, -0.15) is 5.26 Å². The standard InChI is InChI=1S/C17H12BrFN2O3/c1-24-15-8-10(7-12(18)16(15)22)6-11(9-20)17(23)21-14-5-3-2-4-13(14)19/h2-8,22H,1H3,(H,21,23)/b11-6+. The van der Waals surface area contributed by atoms with Gasteiger partial charge in [0, 0.05) is 0 Å². The Hall–Kier alpha value is -2.85. The number of para-hydroxylation sites is 1. The SMILES string of the molecule is COc1cc(/C=C(\C#N)C(=O)Nc2ccccc2F)cc(Br)c1O. The third kappa shape index (κ3) is 3.91. The molecule has 0 radical (unpaired) electrons. The number of nitrogens with zero attached hydrogens (tertiary/aromatic N) is 1. The van der Waals surface area contributed by atoms with E-state index in [4.69, 9.17) is 4.74 Å². The van der Waals surface area contributed by atoms with E-state index in [2.05, 4.69) is 21.2 Å². The molecular weight excluding hydrogens is 379 g/mol. The summed E-state index contributed by atoms with van der Waals surface area (Å²) in [4.78, 5) is 12.1. The third-order valence-corrected chi connectivity index (χ3v) is 3.67. The van der Waals surface area contributed by atoms with Gasteiger partial charge < -0.3 is 15.2 Å². The number of nitriles is 1. The molecule has 1 amide bonds. The van der Waals surface area contributed by atoms with Crippen molar-refractivity contribution in [3.63, 3.8) is 0 Å². The van der Waals surface area contributed by atoms with Crippen molar-refractivity contribution in [3.8, 4) is 17.6 Å². The zero-order valence-electron chi connectivity index (χ0n) is 12.5. The monoisotopic (exact) mass is 390 g/mol. The van der Waals surface area contributed by atoms with Crippen LogP contribution in [0.5, 0.6) is 11.5 Å². The lowest BCUT2D eigenvalue weighted by Gasteiger charge is -2.08. The number of halogens is 2. The van der Waals surface area contributed by atoms with Crippen molar-refractivity contribution in [2.45, 2.75) is 0 Å². The predicted molar refractivity (Wildman–Crippen MR) is 91.0 cm³/mol. The summed E-state index contributed by atoms with van der Waals surface area (Å²) in [5.41, 5.74) is 0.211. The van der Waals surface area contributed by atoms with Gasteiger partial charge in [-0.25, -0.2) is 4.39 Å². The molecule has 0 saturated heterocycles. The summed E-state index contributed by atoms with van der Waals surface area (Å²) in [7, 11) is 1.38. The smallest absolute Gasteiger partial charge is 0.266 e. The summed E-state index contributed by atoms with van der Waals surface area (Å²) in [5, 5.41) is 21.3. The molecule has 0 aromatic heterocycles. The lowest BCUT2D eigenvalue weighted by Crippen LogP contribution is -2.14. The van der Waals surface area contributed by atoms with E-state index in [0.717, 1.165) is 0 Å². The van der Waals surface area contributed by atoms with E-state index < -0.39 is 11.7 Å². The molecule has 0 spiro atoms. The molecule has 0 bridgehead atoms. The van der Waals surface area contributed by atoms with Crippen LogP contribution in [0.3, 0.4) is 0 Å². The van der Waals surface area contributed by atoms with Crippen LogP contribution in [0, 0.1) is 17.1 Å². The third-order valence-electron chi connectivity index (χ3n) is 3.07. The van der Waals surface area contributed by atoms with Gasteiger partial charge in [0.1, 0.15) is 17.5 Å². The molecule has 0 aliphatic heterocycles.